The van der Waals surface area contributed by atoms with Crippen molar-refractivity contribution in [2.75, 3.05) is 38.4 Å². The maximum absolute atomic E-state index is 12.2. The molecule has 0 aliphatic carbocycles. The number of hydrogen-bond donors (Lipinski definition) is 1. The van der Waals surface area contributed by atoms with Gasteiger partial charge in [-0.05, 0) is 24.6 Å². The highest BCUT2D eigenvalue weighted by Gasteiger charge is 2.19. The number of carbonyl (C=O) groups excluding carboxylic acids is 1. The quantitative estimate of drug-likeness (QED) is 0.833. The summed E-state index contributed by atoms with van der Waals surface area (Å²) in [5.41, 5.74) is 1.27. The van der Waals surface area contributed by atoms with Gasteiger partial charge in [-0.25, -0.2) is 12.7 Å². The number of unbranched alkanes of at least 4 members (excludes halogenated alkanes) is 1. The fraction of sp³-hybridized carbons (Fsp3) is 0.533. The van der Waals surface area contributed by atoms with E-state index in [0.717, 1.165) is 22.8 Å². The van der Waals surface area contributed by atoms with E-state index in [-0.39, 0.29) is 10.8 Å². The third kappa shape index (κ3) is 4.45. The number of amides is 1. The molecule has 0 saturated carbocycles. The molecule has 22 heavy (non-hydrogen) atoms. The van der Waals surface area contributed by atoms with Gasteiger partial charge in [0.15, 0.2) is 0 Å². The van der Waals surface area contributed by atoms with Crippen LogP contribution in [0.25, 0.3) is 0 Å². The monoisotopic (exact) mass is 327 g/mol. The van der Waals surface area contributed by atoms with E-state index in [1.165, 1.54) is 20.2 Å². The van der Waals surface area contributed by atoms with E-state index >= 15 is 0 Å². The van der Waals surface area contributed by atoms with Gasteiger partial charge < -0.3 is 10.2 Å². The van der Waals surface area contributed by atoms with Gasteiger partial charge in [0.2, 0.25) is 15.9 Å². The van der Waals surface area contributed by atoms with Gasteiger partial charge in [0.25, 0.3) is 0 Å². The highest BCUT2D eigenvalue weighted by molar-refractivity contribution is 7.89. The Kier molecular flexibility index (Phi) is 6.37. The summed E-state index contributed by atoms with van der Waals surface area (Å²) >= 11 is 0. The SMILES string of the molecule is CCCCC(=O)Nc1cc(S(=O)(=O)N(C)C)ccc1N(C)C. The highest BCUT2D eigenvalue weighted by atomic mass is 32.2. The molecule has 0 unspecified atom stereocenters. The molecule has 1 aromatic rings. The summed E-state index contributed by atoms with van der Waals surface area (Å²) in [6.07, 6.45) is 2.16. The lowest BCUT2D eigenvalue weighted by molar-refractivity contribution is -0.116. The van der Waals surface area contributed by atoms with Crippen molar-refractivity contribution < 1.29 is 13.2 Å². The van der Waals surface area contributed by atoms with Crippen LogP contribution in [0.5, 0.6) is 0 Å². The minimum Gasteiger partial charge on any atom is -0.376 e. The minimum absolute atomic E-state index is 0.107. The molecule has 1 N–H and O–H groups in total. The van der Waals surface area contributed by atoms with Gasteiger partial charge >= 0.3 is 0 Å². The first-order valence-corrected chi connectivity index (χ1v) is 8.68. The number of hydrogen-bond acceptors (Lipinski definition) is 4. The molecule has 1 aromatic carbocycles. The Bertz CT molecular complexity index is 625. The maximum atomic E-state index is 12.2. The summed E-state index contributed by atoms with van der Waals surface area (Å²) in [5.74, 6) is -0.107. The van der Waals surface area contributed by atoms with Crippen LogP contribution in [-0.4, -0.2) is 46.8 Å². The third-order valence-electron chi connectivity index (χ3n) is 3.26. The maximum Gasteiger partial charge on any atom is 0.242 e. The lowest BCUT2D eigenvalue weighted by atomic mass is 10.2. The van der Waals surface area contributed by atoms with Crippen molar-refractivity contribution >= 4 is 27.3 Å². The molecule has 7 heteroatoms. The summed E-state index contributed by atoms with van der Waals surface area (Å²) in [7, 11) is 3.12. The second-order valence-electron chi connectivity index (χ2n) is 5.51. The number of benzene rings is 1. The van der Waals surface area contributed by atoms with E-state index < -0.39 is 10.0 Å². The van der Waals surface area contributed by atoms with Crippen molar-refractivity contribution in [1.82, 2.24) is 4.31 Å². The molecule has 0 aliphatic rings. The van der Waals surface area contributed by atoms with E-state index in [1.807, 2.05) is 25.9 Å². The molecule has 1 rings (SSSR count). The Morgan fingerprint density at radius 1 is 1.18 bits per heavy atom. The summed E-state index contributed by atoms with van der Waals surface area (Å²) in [5, 5.41) is 2.81. The molecule has 0 spiro atoms. The van der Waals surface area contributed by atoms with E-state index in [4.69, 9.17) is 0 Å². The number of anilines is 2. The van der Waals surface area contributed by atoms with Gasteiger partial charge in [0, 0.05) is 34.6 Å². The largest absolute Gasteiger partial charge is 0.376 e. The van der Waals surface area contributed by atoms with Crippen LogP contribution in [0, 0.1) is 0 Å². The standard InChI is InChI=1S/C15H25N3O3S/c1-6-7-8-15(19)16-13-11-12(22(20,21)18(4)5)9-10-14(13)17(2)3/h9-11H,6-8H2,1-5H3,(H,16,19). The minimum atomic E-state index is -3.53. The smallest absolute Gasteiger partial charge is 0.242 e. The van der Waals surface area contributed by atoms with Gasteiger partial charge in [-0.3, -0.25) is 4.79 Å². The predicted molar refractivity (Wildman–Crippen MR) is 89.8 cm³/mol. The van der Waals surface area contributed by atoms with Gasteiger partial charge in [0.05, 0.1) is 16.3 Å². The predicted octanol–water partition coefficient (Wildman–Crippen LogP) is 2.13. The van der Waals surface area contributed by atoms with Crippen LogP contribution in [0.4, 0.5) is 11.4 Å². The molecule has 0 saturated heterocycles. The summed E-state index contributed by atoms with van der Waals surface area (Å²) < 4.78 is 25.6. The molecule has 124 valence electrons. The van der Waals surface area contributed by atoms with E-state index in [0.29, 0.717) is 12.1 Å². The number of carbonyl (C=O) groups is 1. The molecule has 0 heterocycles. The zero-order chi connectivity index (χ0) is 16.9. The summed E-state index contributed by atoms with van der Waals surface area (Å²) in [6, 6.07) is 4.76. The Morgan fingerprint density at radius 3 is 2.32 bits per heavy atom. The first-order chi connectivity index (χ1) is 10.2. The lowest BCUT2D eigenvalue weighted by Gasteiger charge is -2.20. The van der Waals surface area contributed by atoms with Crippen LogP contribution < -0.4 is 10.2 Å². The van der Waals surface area contributed by atoms with Crippen LogP contribution in [0.3, 0.4) is 0 Å². The van der Waals surface area contributed by atoms with Crippen LogP contribution in [-0.2, 0) is 14.8 Å². The zero-order valence-corrected chi connectivity index (χ0v) is 14.7. The molecule has 1 amide bonds. The van der Waals surface area contributed by atoms with Gasteiger partial charge in [0.1, 0.15) is 0 Å². The second-order valence-corrected chi connectivity index (χ2v) is 7.66. The fourth-order valence-corrected chi connectivity index (χ4v) is 2.85. The van der Waals surface area contributed by atoms with Crippen molar-refractivity contribution in [2.24, 2.45) is 0 Å². The Hall–Kier alpha value is -1.60. The van der Waals surface area contributed by atoms with Crippen molar-refractivity contribution in [1.29, 1.82) is 0 Å². The second kappa shape index (κ2) is 7.60. The first kappa shape index (κ1) is 18.4. The summed E-state index contributed by atoms with van der Waals surface area (Å²) in [4.78, 5) is 13.9. The molecular formula is C15H25N3O3S. The Balaban J connectivity index is 3.19. The van der Waals surface area contributed by atoms with Crippen molar-refractivity contribution in [3.63, 3.8) is 0 Å². The van der Waals surface area contributed by atoms with Gasteiger partial charge in [-0.15, -0.1) is 0 Å². The zero-order valence-electron chi connectivity index (χ0n) is 13.9. The third-order valence-corrected chi connectivity index (χ3v) is 5.07. The van der Waals surface area contributed by atoms with Crippen LogP contribution in [0.2, 0.25) is 0 Å². The van der Waals surface area contributed by atoms with Crippen LogP contribution >= 0.6 is 0 Å². The average Bonchev–Trinajstić information content (AvgIpc) is 2.44. The molecule has 0 bridgehead atoms. The number of sulfonamides is 1. The molecule has 0 aliphatic heterocycles. The lowest BCUT2D eigenvalue weighted by Crippen LogP contribution is -2.23. The summed E-state index contributed by atoms with van der Waals surface area (Å²) in [6.45, 7) is 2.02. The Morgan fingerprint density at radius 2 is 1.82 bits per heavy atom. The van der Waals surface area contributed by atoms with Crippen molar-refractivity contribution in [2.45, 2.75) is 31.1 Å². The van der Waals surface area contributed by atoms with E-state index in [2.05, 4.69) is 5.32 Å². The molecule has 6 nitrogen and oxygen atoms in total. The highest BCUT2D eigenvalue weighted by Crippen LogP contribution is 2.28. The van der Waals surface area contributed by atoms with Crippen LogP contribution in [0.15, 0.2) is 23.1 Å². The molecule has 0 aromatic heterocycles. The number of rotatable bonds is 7. The number of nitrogens with zero attached hydrogens (tertiary/aromatic N) is 2. The molecule has 0 radical (unpaired) electrons. The molecule has 0 fully saturated rings. The van der Waals surface area contributed by atoms with Gasteiger partial charge in [-0.1, -0.05) is 13.3 Å². The van der Waals surface area contributed by atoms with Crippen molar-refractivity contribution in [3.05, 3.63) is 18.2 Å². The van der Waals surface area contributed by atoms with Gasteiger partial charge in [-0.2, -0.15) is 0 Å². The van der Waals surface area contributed by atoms with E-state index in [1.54, 1.807) is 12.1 Å². The fourth-order valence-electron chi connectivity index (χ4n) is 1.93. The van der Waals surface area contributed by atoms with Crippen molar-refractivity contribution in [3.8, 4) is 0 Å². The number of nitrogens with one attached hydrogen (secondary N) is 1. The Labute approximate surface area is 133 Å². The molecule has 0 atom stereocenters. The molecular weight excluding hydrogens is 302 g/mol. The van der Waals surface area contributed by atoms with Crippen LogP contribution in [0.1, 0.15) is 26.2 Å². The normalized spacial score (nSPS) is 11.5. The average molecular weight is 327 g/mol. The van der Waals surface area contributed by atoms with E-state index in [9.17, 15) is 13.2 Å². The first-order valence-electron chi connectivity index (χ1n) is 7.24. The topological polar surface area (TPSA) is 69.7 Å².